The van der Waals surface area contributed by atoms with E-state index < -0.39 is 4.92 Å². The smallest absolute Gasteiger partial charge is 0.305 e. The van der Waals surface area contributed by atoms with Crippen LogP contribution >= 0.6 is 23.1 Å². The maximum atomic E-state index is 10.6. The van der Waals surface area contributed by atoms with Crippen LogP contribution in [-0.4, -0.2) is 25.1 Å². The van der Waals surface area contributed by atoms with Gasteiger partial charge in [-0.05, 0) is 36.4 Å². The highest BCUT2D eigenvalue weighted by molar-refractivity contribution is 8.00. The van der Waals surface area contributed by atoms with Crippen molar-refractivity contribution in [2.45, 2.75) is 16.4 Å². The molecule has 0 aliphatic heterocycles. The first-order valence-electron chi connectivity index (χ1n) is 6.41. The first-order valence-corrected chi connectivity index (χ1v) is 8.05. The first-order chi connectivity index (χ1) is 11.1. The molecule has 2 heterocycles. The lowest BCUT2D eigenvalue weighted by Gasteiger charge is -2.01. The van der Waals surface area contributed by atoms with Gasteiger partial charge in [0.2, 0.25) is 5.13 Å². The SMILES string of the molecule is Cc1cccc(Nc2nnc(Sc3ncc([N+](=O)[O-])cn3)s2)c1. The second-order valence-electron chi connectivity index (χ2n) is 4.45. The number of aryl methyl sites for hydroxylation is 1. The van der Waals surface area contributed by atoms with Crippen molar-refractivity contribution in [2.75, 3.05) is 5.32 Å². The largest absolute Gasteiger partial charge is 0.330 e. The minimum absolute atomic E-state index is 0.145. The van der Waals surface area contributed by atoms with E-state index in [1.807, 2.05) is 31.2 Å². The first kappa shape index (κ1) is 15.3. The van der Waals surface area contributed by atoms with Crippen molar-refractivity contribution in [2.24, 2.45) is 0 Å². The lowest BCUT2D eigenvalue weighted by atomic mass is 10.2. The predicted octanol–water partition coefficient (Wildman–Crippen LogP) is 3.44. The molecule has 3 aromatic rings. The lowest BCUT2D eigenvalue weighted by Crippen LogP contribution is -1.92. The highest BCUT2D eigenvalue weighted by atomic mass is 32.2. The number of aromatic nitrogens is 4. The molecular weight excluding hydrogens is 336 g/mol. The van der Waals surface area contributed by atoms with Gasteiger partial charge in [0.05, 0.1) is 4.92 Å². The van der Waals surface area contributed by atoms with Crippen molar-refractivity contribution < 1.29 is 4.92 Å². The van der Waals surface area contributed by atoms with Gasteiger partial charge in [0.1, 0.15) is 12.4 Å². The Morgan fingerprint density at radius 2 is 2.04 bits per heavy atom. The third-order valence-electron chi connectivity index (χ3n) is 2.68. The highest BCUT2D eigenvalue weighted by Gasteiger charge is 2.11. The molecule has 0 radical (unpaired) electrons. The fraction of sp³-hybridized carbons (Fsp3) is 0.0769. The zero-order chi connectivity index (χ0) is 16.2. The summed E-state index contributed by atoms with van der Waals surface area (Å²) in [7, 11) is 0. The van der Waals surface area contributed by atoms with E-state index in [9.17, 15) is 10.1 Å². The van der Waals surface area contributed by atoms with Crippen LogP contribution in [0.1, 0.15) is 5.56 Å². The number of hydrogen-bond acceptors (Lipinski definition) is 9. The summed E-state index contributed by atoms with van der Waals surface area (Å²) in [6.07, 6.45) is 2.34. The summed E-state index contributed by atoms with van der Waals surface area (Å²) in [5.41, 5.74) is 1.94. The van der Waals surface area contributed by atoms with Crippen LogP contribution in [0.5, 0.6) is 0 Å². The Morgan fingerprint density at radius 1 is 1.26 bits per heavy atom. The Kier molecular flexibility index (Phi) is 4.44. The average Bonchev–Trinajstić information content (AvgIpc) is 2.95. The van der Waals surface area contributed by atoms with Gasteiger partial charge in [-0.15, -0.1) is 10.2 Å². The summed E-state index contributed by atoms with van der Waals surface area (Å²) in [6, 6.07) is 7.92. The summed E-state index contributed by atoms with van der Waals surface area (Å²) < 4.78 is 0.647. The van der Waals surface area contributed by atoms with E-state index in [2.05, 4.69) is 25.5 Å². The van der Waals surface area contributed by atoms with Crippen LogP contribution in [0.4, 0.5) is 16.5 Å². The van der Waals surface area contributed by atoms with Gasteiger partial charge in [-0.3, -0.25) is 10.1 Å². The quantitative estimate of drug-likeness (QED) is 0.425. The number of rotatable bonds is 5. The Morgan fingerprint density at radius 3 is 2.74 bits per heavy atom. The Labute approximate surface area is 139 Å². The van der Waals surface area contributed by atoms with Crippen molar-refractivity contribution in [3.05, 3.63) is 52.3 Å². The molecule has 2 aromatic heterocycles. The molecule has 3 rings (SSSR count). The zero-order valence-corrected chi connectivity index (χ0v) is 13.5. The van der Waals surface area contributed by atoms with Crippen molar-refractivity contribution in [1.82, 2.24) is 20.2 Å². The number of nitrogens with one attached hydrogen (secondary N) is 1. The minimum Gasteiger partial charge on any atom is -0.330 e. The normalized spacial score (nSPS) is 10.5. The van der Waals surface area contributed by atoms with Crippen LogP contribution in [0.25, 0.3) is 0 Å². The van der Waals surface area contributed by atoms with Crippen LogP contribution in [0, 0.1) is 17.0 Å². The van der Waals surface area contributed by atoms with Crippen molar-refractivity contribution >= 4 is 39.6 Å². The number of nitrogens with zero attached hydrogens (tertiary/aromatic N) is 5. The third kappa shape index (κ3) is 3.99. The molecule has 0 bridgehead atoms. The van der Waals surface area contributed by atoms with Crippen LogP contribution in [-0.2, 0) is 0 Å². The summed E-state index contributed by atoms with van der Waals surface area (Å²) in [5.74, 6) is 0. The van der Waals surface area contributed by atoms with E-state index in [4.69, 9.17) is 0 Å². The minimum atomic E-state index is -0.538. The molecule has 0 unspecified atom stereocenters. The standard InChI is InChI=1S/C13H10N6O2S2/c1-8-3-2-4-9(5-8)16-12-17-18-13(23-12)22-11-14-6-10(7-15-11)19(20)21/h2-7H,1H3,(H,16,17). The molecule has 0 saturated carbocycles. The van der Waals surface area contributed by atoms with Crippen LogP contribution in [0.15, 0.2) is 46.2 Å². The average molecular weight is 346 g/mol. The fourth-order valence-corrected chi connectivity index (χ4v) is 3.26. The van der Waals surface area contributed by atoms with Gasteiger partial charge in [-0.1, -0.05) is 23.5 Å². The maximum absolute atomic E-state index is 10.6. The summed E-state index contributed by atoms with van der Waals surface area (Å²) in [5, 5.41) is 22.9. The molecule has 116 valence electrons. The number of benzene rings is 1. The molecule has 0 atom stereocenters. The van der Waals surface area contributed by atoms with Gasteiger partial charge in [0, 0.05) is 5.69 Å². The van der Waals surface area contributed by atoms with E-state index in [0.717, 1.165) is 11.3 Å². The maximum Gasteiger partial charge on any atom is 0.305 e. The van der Waals surface area contributed by atoms with E-state index in [-0.39, 0.29) is 5.69 Å². The molecule has 0 fully saturated rings. The molecule has 8 nitrogen and oxygen atoms in total. The lowest BCUT2D eigenvalue weighted by molar-refractivity contribution is -0.385. The molecule has 1 N–H and O–H groups in total. The van der Waals surface area contributed by atoms with E-state index in [1.54, 1.807) is 0 Å². The molecule has 0 aliphatic rings. The Balaban J connectivity index is 1.68. The van der Waals surface area contributed by atoms with Crippen LogP contribution < -0.4 is 5.32 Å². The Bertz CT molecular complexity index is 836. The fourth-order valence-electron chi connectivity index (χ4n) is 1.68. The molecule has 0 aliphatic carbocycles. The highest BCUT2D eigenvalue weighted by Crippen LogP contribution is 2.31. The second kappa shape index (κ2) is 6.67. The van der Waals surface area contributed by atoms with Gasteiger partial charge >= 0.3 is 5.69 Å². The number of anilines is 2. The number of nitro groups is 1. The van der Waals surface area contributed by atoms with Gasteiger partial charge in [-0.25, -0.2) is 9.97 Å². The molecule has 0 saturated heterocycles. The van der Waals surface area contributed by atoms with Gasteiger partial charge in [0.25, 0.3) is 0 Å². The van der Waals surface area contributed by atoms with Gasteiger partial charge < -0.3 is 5.32 Å². The monoisotopic (exact) mass is 346 g/mol. The van der Waals surface area contributed by atoms with E-state index in [1.165, 1.54) is 35.5 Å². The molecule has 1 aromatic carbocycles. The Hall–Kier alpha value is -2.59. The van der Waals surface area contributed by atoms with Crippen molar-refractivity contribution in [3.8, 4) is 0 Å². The zero-order valence-electron chi connectivity index (χ0n) is 11.8. The van der Waals surface area contributed by atoms with Gasteiger partial charge in [0.15, 0.2) is 9.50 Å². The number of hydrogen-bond donors (Lipinski definition) is 1. The molecular formula is C13H10N6O2S2. The predicted molar refractivity (Wildman–Crippen MR) is 87.2 cm³/mol. The second-order valence-corrected chi connectivity index (χ2v) is 6.64. The summed E-state index contributed by atoms with van der Waals surface area (Å²) in [6.45, 7) is 2.01. The molecule has 0 amide bonds. The third-order valence-corrected chi connectivity index (χ3v) is 4.46. The summed E-state index contributed by atoms with van der Waals surface area (Å²) >= 11 is 2.56. The van der Waals surface area contributed by atoms with Crippen LogP contribution in [0.2, 0.25) is 0 Å². The van der Waals surface area contributed by atoms with E-state index in [0.29, 0.717) is 14.6 Å². The summed E-state index contributed by atoms with van der Waals surface area (Å²) in [4.78, 5) is 17.9. The molecule has 23 heavy (non-hydrogen) atoms. The topological polar surface area (TPSA) is 107 Å². The van der Waals surface area contributed by atoms with E-state index >= 15 is 0 Å². The van der Waals surface area contributed by atoms with Crippen molar-refractivity contribution in [1.29, 1.82) is 0 Å². The molecule has 10 heteroatoms. The van der Waals surface area contributed by atoms with Crippen molar-refractivity contribution in [3.63, 3.8) is 0 Å². The van der Waals surface area contributed by atoms with Crippen LogP contribution in [0.3, 0.4) is 0 Å². The van der Waals surface area contributed by atoms with Gasteiger partial charge in [-0.2, -0.15) is 0 Å². The molecule has 0 spiro atoms.